The molecule has 2 rings (SSSR count). The fourth-order valence-corrected chi connectivity index (χ4v) is 1.02. The minimum Gasteiger partial charge on any atom is -0.263 e. The average molecular weight is 169 g/mol. The Kier molecular flexibility index (Phi) is 1.29. The van der Waals surface area contributed by atoms with Crippen LogP contribution in [0.1, 0.15) is 5.69 Å². The molecule has 0 spiro atoms. The van der Waals surface area contributed by atoms with Gasteiger partial charge in [-0.3, -0.25) is 5.10 Å². The highest BCUT2D eigenvalue weighted by Gasteiger charge is 2.04. The summed E-state index contributed by atoms with van der Waals surface area (Å²) in [6.45, 7) is 1.86. The number of halogens is 1. The molecule has 0 saturated heterocycles. The van der Waals surface area contributed by atoms with Crippen molar-refractivity contribution in [2.45, 2.75) is 6.92 Å². The van der Waals surface area contributed by atoms with E-state index < -0.39 is 0 Å². The lowest BCUT2D eigenvalue weighted by Crippen LogP contribution is -1.83. The van der Waals surface area contributed by atoms with Crippen molar-refractivity contribution in [3.8, 4) is 0 Å². The molecule has 0 aliphatic rings. The average Bonchev–Trinajstić information content (AvgIpc) is 2.33. The molecule has 0 amide bonds. The van der Waals surface area contributed by atoms with Gasteiger partial charge in [-0.1, -0.05) is 11.6 Å². The lowest BCUT2D eigenvalue weighted by molar-refractivity contribution is 1.09. The Labute approximate surface area is 67.6 Å². The Morgan fingerprint density at radius 1 is 1.55 bits per heavy atom. The molecule has 0 fully saturated rings. The Morgan fingerprint density at radius 3 is 3.18 bits per heavy atom. The second kappa shape index (κ2) is 2.17. The normalized spacial score (nSPS) is 10.7. The Bertz CT molecular complexity index is 394. The number of rotatable bonds is 0. The second-order valence-corrected chi connectivity index (χ2v) is 2.60. The second-order valence-electron chi connectivity index (χ2n) is 2.22. The van der Waals surface area contributed by atoms with E-state index in [2.05, 4.69) is 20.2 Å². The molecule has 0 aromatic carbocycles. The number of aromatic nitrogens is 4. The molecule has 0 unspecified atom stereocenters. The lowest BCUT2D eigenvalue weighted by atomic mass is 10.5. The van der Waals surface area contributed by atoms with E-state index in [4.69, 9.17) is 11.6 Å². The summed E-state index contributed by atoms with van der Waals surface area (Å²) in [5, 5.41) is 6.86. The number of fused-ring (bicyclic) bond motifs is 1. The van der Waals surface area contributed by atoms with Crippen LogP contribution < -0.4 is 0 Å². The highest BCUT2D eigenvalue weighted by molar-refractivity contribution is 6.33. The van der Waals surface area contributed by atoms with Crippen LogP contribution in [0.25, 0.3) is 11.2 Å². The van der Waals surface area contributed by atoms with Gasteiger partial charge in [-0.15, -0.1) is 0 Å². The van der Waals surface area contributed by atoms with Gasteiger partial charge in [0.15, 0.2) is 5.15 Å². The first-order valence-corrected chi connectivity index (χ1v) is 3.48. The topological polar surface area (TPSA) is 54.5 Å². The number of H-pyrrole nitrogens is 1. The fraction of sp³-hybridized carbons (Fsp3) is 0.167. The smallest absolute Gasteiger partial charge is 0.201 e. The van der Waals surface area contributed by atoms with Crippen LogP contribution in [0.4, 0.5) is 0 Å². The zero-order valence-corrected chi connectivity index (χ0v) is 6.55. The molecule has 1 N–H and O–H groups in total. The van der Waals surface area contributed by atoms with Crippen molar-refractivity contribution in [1.82, 2.24) is 20.2 Å². The highest BCUT2D eigenvalue weighted by Crippen LogP contribution is 2.15. The van der Waals surface area contributed by atoms with Crippen LogP contribution in [0, 0.1) is 6.92 Å². The SMILES string of the molecule is Cc1cnc2n[nH]c(Cl)c2n1. The maximum atomic E-state index is 5.72. The van der Waals surface area contributed by atoms with Gasteiger partial charge in [-0.05, 0) is 6.92 Å². The molecular formula is C6H5ClN4. The standard InChI is InChI=1S/C6H5ClN4/c1-3-2-8-6-4(9-3)5(7)10-11-6/h2H,1H3,(H,8,10,11). The van der Waals surface area contributed by atoms with Crippen LogP contribution >= 0.6 is 11.6 Å². The predicted molar refractivity (Wildman–Crippen MR) is 41.4 cm³/mol. The van der Waals surface area contributed by atoms with Crippen molar-refractivity contribution in [2.24, 2.45) is 0 Å². The van der Waals surface area contributed by atoms with Crippen molar-refractivity contribution >= 4 is 22.8 Å². The molecule has 0 aliphatic carbocycles. The van der Waals surface area contributed by atoms with Gasteiger partial charge in [0, 0.05) is 0 Å². The van der Waals surface area contributed by atoms with Crippen LogP contribution in [0.5, 0.6) is 0 Å². The zero-order valence-electron chi connectivity index (χ0n) is 5.80. The van der Waals surface area contributed by atoms with E-state index in [0.29, 0.717) is 16.3 Å². The summed E-state index contributed by atoms with van der Waals surface area (Å²) >= 11 is 5.72. The number of aromatic amines is 1. The molecule has 56 valence electrons. The Balaban J connectivity index is 2.87. The summed E-state index contributed by atoms with van der Waals surface area (Å²) in [5.41, 5.74) is 2.02. The summed E-state index contributed by atoms with van der Waals surface area (Å²) < 4.78 is 0. The molecule has 0 radical (unpaired) electrons. The van der Waals surface area contributed by atoms with E-state index >= 15 is 0 Å². The van der Waals surface area contributed by atoms with Gasteiger partial charge in [-0.2, -0.15) is 5.10 Å². The van der Waals surface area contributed by atoms with Gasteiger partial charge in [0.2, 0.25) is 5.65 Å². The van der Waals surface area contributed by atoms with Crippen LogP contribution in [0.15, 0.2) is 6.20 Å². The first-order chi connectivity index (χ1) is 5.27. The molecular weight excluding hydrogens is 164 g/mol. The van der Waals surface area contributed by atoms with Crippen molar-refractivity contribution < 1.29 is 0 Å². The number of nitrogens with zero attached hydrogens (tertiary/aromatic N) is 3. The summed E-state index contributed by atoms with van der Waals surface area (Å²) in [7, 11) is 0. The Morgan fingerprint density at radius 2 is 2.36 bits per heavy atom. The molecule has 5 heteroatoms. The van der Waals surface area contributed by atoms with Crippen molar-refractivity contribution in [3.63, 3.8) is 0 Å². The number of hydrogen-bond donors (Lipinski definition) is 1. The number of nitrogens with one attached hydrogen (secondary N) is 1. The van der Waals surface area contributed by atoms with E-state index in [1.54, 1.807) is 6.20 Å². The maximum Gasteiger partial charge on any atom is 0.201 e. The summed E-state index contributed by atoms with van der Waals surface area (Å²) in [6, 6.07) is 0. The van der Waals surface area contributed by atoms with E-state index in [1.165, 1.54) is 0 Å². The fourth-order valence-electron chi connectivity index (χ4n) is 0.855. The van der Waals surface area contributed by atoms with Gasteiger partial charge in [0.25, 0.3) is 0 Å². The first kappa shape index (κ1) is 6.54. The lowest BCUT2D eigenvalue weighted by Gasteiger charge is -1.88. The molecule has 2 heterocycles. The van der Waals surface area contributed by atoms with Gasteiger partial charge < -0.3 is 0 Å². The Hall–Kier alpha value is -1.16. The van der Waals surface area contributed by atoms with E-state index in [-0.39, 0.29) is 0 Å². The molecule has 0 aliphatic heterocycles. The molecule has 0 atom stereocenters. The minimum atomic E-state index is 0.441. The van der Waals surface area contributed by atoms with Crippen molar-refractivity contribution in [2.75, 3.05) is 0 Å². The molecule has 11 heavy (non-hydrogen) atoms. The van der Waals surface area contributed by atoms with Gasteiger partial charge in [-0.25, -0.2) is 9.97 Å². The van der Waals surface area contributed by atoms with E-state index in [0.717, 1.165) is 5.69 Å². The first-order valence-electron chi connectivity index (χ1n) is 3.10. The molecule has 0 saturated carbocycles. The van der Waals surface area contributed by atoms with E-state index in [1.807, 2.05) is 6.92 Å². The minimum absolute atomic E-state index is 0.441. The third kappa shape index (κ3) is 0.952. The van der Waals surface area contributed by atoms with Crippen LogP contribution in [-0.4, -0.2) is 20.2 Å². The van der Waals surface area contributed by atoms with Crippen LogP contribution in [0.3, 0.4) is 0 Å². The third-order valence-corrected chi connectivity index (χ3v) is 1.61. The molecule has 4 nitrogen and oxygen atoms in total. The summed E-state index contributed by atoms with van der Waals surface area (Å²) in [6.07, 6.45) is 1.65. The van der Waals surface area contributed by atoms with Gasteiger partial charge >= 0.3 is 0 Å². The zero-order chi connectivity index (χ0) is 7.84. The van der Waals surface area contributed by atoms with Crippen LogP contribution in [0.2, 0.25) is 5.15 Å². The van der Waals surface area contributed by atoms with Crippen LogP contribution in [-0.2, 0) is 0 Å². The van der Waals surface area contributed by atoms with Crippen molar-refractivity contribution in [3.05, 3.63) is 17.0 Å². The van der Waals surface area contributed by atoms with Crippen molar-refractivity contribution in [1.29, 1.82) is 0 Å². The number of aryl methyl sites for hydroxylation is 1. The predicted octanol–water partition coefficient (Wildman–Crippen LogP) is 1.31. The third-order valence-electron chi connectivity index (χ3n) is 1.34. The largest absolute Gasteiger partial charge is 0.263 e. The molecule has 0 bridgehead atoms. The van der Waals surface area contributed by atoms with Gasteiger partial charge in [0.1, 0.15) is 5.52 Å². The quantitative estimate of drug-likeness (QED) is 0.646. The number of hydrogen-bond acceptors (Lipinski definition) is 3. The summed E-state index contributed by atoms with van der Waals surface area (Å²) in [5.74, 6) is 0. The maximum absolute atomic E-state index is 5.72. The highest BCUT2D eigenvalue weighted by atomic mass is 35.5. The van der Waals surface area contributed by atoms with E-state index in [9.17, 15) is 0 Å². The van der Waals surface area contributed by atoms with Gasteiger partial charge in [0.05, 0.1) is 11.9 Å². The molecule has 2 aromatic heterocycles. The molecule has 2 aromatic rings. The monoisotopic (exact) mass is 168 g/mol. The summed E-state index contributed by atoms with van der Waals surface area (Å²) in [4.78, 5) is 8.16.